The van der Waals surface area contributed by atoms with Crippen LogP contribution in [0.2, 0.25) is 0 Å². The van der Waals surface area contributed by atoms with E-state index >= 15 is 0 Å². The zero-order chi connectivity index (χ0) is 16.4. The Kier molecular flexibility index (Phi) is 4.46. The number of hydrogen-bond acceptors (Lipinski definition) is 6. The van der Waals surface area contributed by atoms with E-state index in [1.165, 1.54) is 0 Å². The molecule has 0 bridgehead atoms. The van der Waals surface area contributed by atoms with Crippen molar-refractivity contribution in [3.8, 4) is 11.4 Å². The molecule has 9 nitrogen and oxygen atoms in total. The quantitative estimate of drug-likeness (QED) is 0.788. The van der Waals surface area contributed by atoms with E-state index in [1.807, 2.05) is 20.0 Å². The monoisotopic (exact) mass is 340 g/mol. The average Bonchev–Trinajstić information content (AvgIpc) is 3.10. The molecule has 3 heterocycles. The van der Waals surface area contributed by atoms with Crippen molar-refractivity contribution in [3.63, 3.8) is 0 Å². The highest BCUT2D eigenvalue weighted by Gasteiger charge is 2.26. The summed E-state index contributed by atoms with van der Waals surface area (Å²) in [7, 11) is -1.39. The van der Waals surface area contributed by atoms with Crippen LogP contribution in [0.1, 0.15) is 19.0 Å². The second-order valence-corrected chi connectivity index (χ2v) is 7.43. The molecule has 23 heavy (non-hydrogen) atoms. The van der Waals surface area contributed by atoms with E-state index in [9.17, 15) is 8.42 Å². The maximum Gasteiger partial charge on any atom is 0.211 e. The van der Waals surface area contributed by atoms with Crippen molar-refractivity contribution in [2.75, 3.05) is 12.3 Å². The molecule has 0 fully saturated rings. The van der Waals surface area contributed by atoms with Gasteiger partial charge in [0.1, 0.15) is 5.69 Å². The number of nitrogens with zero attached hydrogens (tertiary/aromatic N) is 5. The summed E-state index contributed by atoms with van der Waals surface area (Å²) >= 11 is 0. The number of sulfonamides is 1. The van der Waals surface area contributed by atoms with Gasteiger partial charge < -0.3 is 4.74 Å². The molecular weight excluding hydrogens is 320 g/mol. The zero-order valence-electron chi connectivity index (χ0n) is 13.1. The summed E-state index contributed by atoms with van der Waals surface area (Å²) in [5.74, 6) is 0.124. The van der Waals surface area contributed by atoms with E-state index in [2.05, 4.69) is 20.1 Å². The van der Waals surface area contributed by atoms with Crippen LogP contribution in [0.25, 0.3) is 11.4 Å². The molecule has 0 aromatic carbocycles. The third kappa shape index (κ3) is 3.43. The fourth-order valence-electron chi connectivity index (χ4n) is 2.55. The van der Waals surface area contributed by atoms with Crippen LogP contribution in [0.5, 0.6) is 0 Å². The van der Waals surface area contributed by atoms with Gasteiger partial charge in [-0.1, -0.05) is 12.1 Å². The van der Waals surface area contributed by atoms with Gasteiger partial charge in [-0.25, -0.2) is 17.8 Å². The van der Waals surface area contributed by atoms with Crippen molar-refractivity contribution in [2.45, 2.75) is 32.6 Å². The molecule has 1 atom stereocenters. The summed E-state index contributed by atoms with van der Waals surface area (Å²) in [6.07, 6.45) is 2.04. The number of ether oxygens (including phenoxy) is 1. The predicted octanol–water partition coefficient (Wildman–Crippen LogP) is -0.0932. The fourth-order valence-corrected chi connectivity index (χ4v) is 3.68. The Labute approximate surface area is 134 Å². The van der Waals surface area contributed by atoms with E-state index in [4.69, 9.17) is 4.74 Å². The Morgan fingerprint density at radius 3 is 3.00 bits per heavy atom. The van der Waals surface area contributed by atoms with Crippen molar-refractivity contribution >= 4 is 10.0 Å². The van der Waals surface area contributed by atoms with Crippen molar-refractivity contribution < 1.29 is 13.2 Å². The Bertz CT molecular complexity index is 781. The van der Waals surface area contributed by atoms with Crippen LogP contribution < -0.4 is 4.72 Å². The van der Waals surface area contributed by atoms with E-state index in [1.54, 1.807) is 15.6 Å². The predicted molar refractivity (Wildman–Crippen MR) is 82.9 cm³/mol. The van der Waals surface area contributed by atoms with Gasteiger partial charge in [-0.15, -0.1) is 5.10 Å². The molecule has 3 rings (SSSR count). The van der Waals surface area contributed by atoms with Gasteiger partial charge in [0.05, 0.1) is 36.4 Å². The first-order chi connectivity index (χ1) is 11.0. The average molecular weight is 340 g/mol. The Morgan fingerprint density at radius 1 is 1.48 bits per heavy atom. The molecule has 0 radical (unpaired) electrons. The van der Waals surface area contributed by atoms with E-state index < -0.39 is 10.0 Å². The SMILES string of the molecule is CCCS(=O)(=O)NC[C@H]1Cn2nnc(-c3ccnn3C)c2CO1. The van der Waals surface area contributed by atoms with E-state index in [0.717, 1.165) is 17.1 Å². The first-order valence-corrected chi connectivity index (χ1v) is 9.15. The lowest BCUT2D eigenvalue weighted by molar-refractivity contribution is 0.00430. The maximum absolute atomic E-state index is 11.7. The Morgan fingerprint density at radius 2 is 2.30 bits per heavy atom. The normalized spacial score (nSPS) is 18.1. The summed E-state index contributed by atoms with van der Waals surface area (Å²) in [5.41, 5.74) is 2.49. The fraction of sp³-hybridized carbons (Fsp3) is 0.615. The van der Waals surface area contributed by atoms with Crippen molar-refractivity contribution in [1.82, 2.24) is 29.5 Å². The summed E-state index contributed by atoms with van der Waals surface area (Å²) in [6.45, 7) is 2.88. The van der Waals surface area contributed by atoms with Crippen LogP contribution in [-0.4, -0.2) is 51.6 Å². The van der Waals surface area contributed by atoms with Crippen molar-refractivity contribution in [3.05, 3.63) is 18.0 Å². The van der Waals surface area contributed by atoms with Crippen LogP contribution in [0.4, 0.5) is 0 Å². The number of fused-ring (bicyclic) bond motifs is 1. The number of aryl methyl sites for hydroxylation is 1. The smallest absolute Gasteiger partial charge is 0.211 e. The topological polar surface area (TPSA) is 104 Å². The first-order valence-electron chi connectivity index (χ1n) is 7.50. The largest absolute Gasteiger partial charge is 0.369 e. The molecule has 0 unspecified atom stereocenters. The van der Waals surface area contributed by atoms with Gasteiger partial charge >= 0.3 is 0 Å². The minimum atomic E-state index is -3.23. The van der Waals surface area contributed by atoms with Gasteiger partial charge in [0.15, 0.2) is 0 Å². The van der Waals surface area contributed by atoms with Crippen molar-refractivity contribution in [1.29, 1.82) is 0 Å². The van der Waals surface area contributed by atoms with Gasteiger partial charge in [-0.3, -0.25) is 4.68 Å². The van der Waals surface area contributed by atoms with E-state index in [0.29, 0.717) is 19.6 Å². The van der Waals surface area contributed by atoms with Gasteiger partial charge in [-0.2, -0.15) is 5.10 Å². The molecule has 0 saturated heterocycles. The maximum atomic E-state index is 11.7. The van der Waals surface area contributed by atoms with Gasteiger partial charge in [0, 0.05) is 19.8 Å². The second kappa shape index (κ2) is 6.38. The molecule has 10 heteroatoms. The Balaban J connectivity index is 1.69. The van der Waals surface area contributed by atoms with Gasteiger partial charge in [0.2, 0.25) is 10.0 Å². The third-order valence-electron chi connectivity index (χ3n) is 3.74. The number of hydrogen-bond donors (Lipinski definition) is 1. The van der Waals surface area contributed by atoms with Gasteiger partial charge in [0.25, 0.3) is 0 Å². The summed E-state index contributed by atoms with van der Waals surface area (Å²) in [5, 5.41) is 12.5. The van der Waals surface area contributed by atoms with E-state index in [-0.39, 0.29) is 18.4 Å². The number of nitrogens with one attached hydrogen (secondary N) is 1. The lowest BCUT2D eigenvalue weighted by atomic mass is 10.2. The highest BCUT2D eigenvalue weighted by Crippen LogP contribution is 2.24. The zero-order valence-corrected chi connectivity index (χ0v) is 14.0. The second-order valence-electron chi connectivity index (χ2n) is 5.51. The molecule has 126 valence electrons. The molecule has 1 aliphatic rings. The lowest BCUT2D eigenvalue weighted by Gasteiger charge is -2.24. The van der Waals surface area contributed by atoms with Crippen LogP contribution in [-0.2, 0) is 35.0 Å². The highest BCUT2D eigenvalue weighted by atomic mass is 32.2. The molecule has 1 aliphatic heterocycles. The molecule has 0 amide bonds. The van der Waals surface area contributed by atoms with Gasteiger partial charge in [-0.05, 0) is 12.5 Å². The van der Waals surface area contributed by atoms with Crippen LogP contribution >= 0.6 is 0 Å². The Hall–Kier alpha value is -1.78. The molecule has 0 aliphatic carbocycles. The summed E-state index contributed by atoms with van der Waals surface area (Å²) in [4.78, 5) is 0. The lowest BCUT2D eigenvalue weighted by Crippen LogP contribution is -2.39. The standard InChI is InChI=1S/C13H20N6O3S/c1-3-6-23(20,21)15-7-10-8-19-12(9-22-10)13(16-17-19)11-4-5-14-18(11)2/h4-5,10,15H,3,6-9H2,1-2H3/t10-/m0/s1. The highest BCUT2D eigenvalue weighted by molar-refractivity contribution is 7.89. The van der Waals surface area contributed by atoms with Crippen LogP contribution in [0, 0.1) is 0 Å². The summed E-state index contributed by atoms with van der Waals surface area (Å²) in [6, 6.07) is 1.87. The van der Waals surface area contributed by atoms with Crippen molar-refractivity contribution in [2.24, 2.45) is 7.05 Å². The minimum Gasteiger partial charge on any atom is -0.369 e. The minimum absolute atomic E-state index is 0.124. The summed E-state index contributed by atoms with van der Waals surface area (Å²) < 4.78 is 35.2. The molecule has 2 aromatic heterocycles. The molecule has 0 spiro atoms. The first kappa shape index (κ1) is 16.1. The molecule has 0 saturated carbocycles. The van der Waals surface area contributed by atoms with Crippen LogP contribution in [0.15, 0.2) is 12.3 Å². The van der Waals surface area contributed by atoms with Crippen LogP contribution in [0.3, 0.4) is 0 Å². The molecular formula is C13H20N6O3S. The molecule has 1 N–H and O–H groups in total. The third-order valence-corrected chi connectivity index (χ3v) is 5.29. The number of aromatic nitrogens is 5. The number of rotatable bonds is 6. The molecule has 2 aromatic rings.